The van der Waals surface area contributed by atoms with Gasteiger partial charge in [-0.05, 0) is 19.1 Å². The summed E-state index contributed by atoms with van der Waals surface area (Å²) in [4.78, 5) is 15.3. The van der Waals surface area contributed by atoms with Crippen LogP contribution in [0.4, 0.5) is 5.69 Å². The molecule has 88 valence electrons. The largest absolute Gasteiger partial charge is 0.492 e. The Balaban J connectivity index is 2.27. The van der Waals surface area contributed by atoms with E-state index in [0.717, 1.165) is 0 Å². The van der Waals surface area contributed by atoms with Crippen molar-refractivity contribution >= 4 is 11.5 Å². The summed E-state index contributed by atoms with van der Waals surface area (Å²) in [5.41, 5.74) is 1.01. The van der Waals surface area contributed by atoms with E-state index in [2.05, 4.69) is 16.9 Å². The molecular formula is C12H12N2O3. The highest BCUT2D eigenvalue weighted by Gasteiger charge is 2.34. The second-order valence-electron chi connectivity index (χ2n) is 3.44. The van der Waals surface area contributed by atoms with Crippen LogP contribution in [0.1, 0.15) is 6.92 Å². The standard InChI is InChI=1S/C12H12N2O3/c1-3-17-11-7(2)10(15)9(11)14-8-5-4-6-13-12(8)16/h4-6,14H,2-3H2,1H3,(H,13,16). The fraction of sp³-hybridized carbons (Fsp3) is 0.167. The first-order valence-corrected chi connectivity index (χ1v) is 5.17. The van der Waals surface area contributed by atoms with Gasteiger partial charge >= 0.3 is 0 Å². The number of ketones is 1. The van der Waals surface area contributed by atoms with Crippen LogP contribution >= 0.6 is 0 Å². The van der Waals surface area contributed by atoms with Crippen molar-refractivity contribution in [3.8, 4) is 5.88 Å². The van der Waals surface area contributed by atoms with E-state index in [-0.39, 0.29) is 11.7 Å². The molecule has 0 bridgehead atoms. The molecule has 2 N–H and O–H groups in total. The molecule has 5 heteroatoms. The zero-order chi connectivity index (χ0) is 12.4. The fourth-order valence-corrected chi connectivity index (χ4v) is 1.49. The second kappa shape index (κ2) is 4.29. The van der Waals surface area contributed by atoms with Crippen molar-refractivity contribution in [3.05, 3.63) is 41.9 Å². The third-order valence-corrected chi connectivity index (χ3v) is 2.34. The molecule has 1 heterocycles. The number of aromatic nitrogens is 1. The topological polar surface area (TPSA) is 71.5 Å². The highest BCUT2D eigenvalue weighted by atomic mass is 16.5. The molecule has 0 unspecified atom stereocenters. The molecule has 0 aliphatic heterocycles. The van der Waals surface area contributed by atoms with Gasteiger partial charge in [-0.1, -0.05) is 6.58 Å². The molecule has 1 aliphatic rings. The minimum atomic E-state index is -0.211. The van der Waals surface area contributed by atoms with Gasteiger partial charge in [0.25, 0.3) is 0 Å². The zero-order valence-corrected chi connectivity index (χ0v) is 9.36. The Labute approximate surface area is 98.4 Å². The van der Waals surface area contributed by atoms with Gasteiger partial charge in [-0.15, -0.1) is 0 Å². The molecule has 2 rings (SSSR count). The van der Waals surface area contributed by atoms with E-state index < -0.39 is 0 Å². The number of nitrogens with zero attached hydrogens (tertiary/aromatic N) is 1. The number of anilines is 1. The number of aromatic hydroxyl groups is 1. The summed E-state index contributed by atoms with van der Waals surface area (Å²) < 4.78 is 5.28. The van der Waals surface area contributed by atoms with E-state index in [1.54, 1.807) is 12.1 Å². The summed E-state index contributed by atoms with van der Waals surface area (Å²) in [6, 6.07) is 3.27. The average Bonchev–Trinajstić information content (AvgIpc) is 2.35. The number of ether oxygens (including phenoxy) is 1. The number of Topliss-reactive ketones (excluding diaryl/α,β-unsaturated/α-hetero) is 1. The molecule has 0 aromatic carbocycles. The van der Waals surface area contributed by atoms with Gasteiger partial charge in [0.1, 0.15) is 11.4 Å². The quantitative estimate of drug-likeness (QED) is 0.771. The van der Waals surface area contributed by atoms with Crippen LogP contribution in [0.15, 0.2) is 41.9 Å². The Morgan fingerprint density at radius 1 is 1.59 bits per heavy atom. The first-order valence-electron chi connectivity index (χ1n) is 5.17. The first-order chi connectivity index (χ1) is 8.15. The first kappa shape index (κ1) is 11.2. The minimum absolute atomic E-state index is 0.166. The monoisotopic (exact) mass is 232 g/mol. The Bertz CT molecular complexity index is 520. The molecule has 1 aliphatic carbocycles. The Morgan fingerprint density at radius 3 is 3.00 bits per heavy atom. The maximum absolute atomic E-state index is 11.6. The highest BCUT2D eigenvalue weighted by molar-refractivity contribution is 6.20. The van der Waals surface area contributed by atoms with Crippen LogP contribution in [0.2, 0.25) is 0 Å². The van der Waals surface area contributed by atoms with E-state index in [1.165, 1.54) is 6.20 Å². The summed E-state index contributed by atoms with van der Waals surface area (Å²) in [6.07, 6.45) is 1.46. The molecule has 1 aromatic rings. The van der Waals surface area contributed by atoms with Gasteiger partial charge in [-0.3, -0.25) is 4.79 Å². The smallest absolute Gasteiger partial charge is 0.235 e. The Hall–Kier alpha value is -2.30. The SMILES string of the molecule is C=C1C(=O)C(Nc2cccnc2O)=C1OCC. The average molecular weight is 232 g/mol. The number of hydrogen-bond donors (Lipinski definition) is 2. The molecular weight excluding hydrogens is 220 g/mol. The van der Waals surface area contributed by atoms with Crippen molar-refractivity contribution in [3.63, 3.8) is 0 Å². The predicted octanol–water partition coefficient (Wildman–Crippen LogP) is 1.59. The van der Waals surface area contributed by atoms with Gasteiger partial charge in [0.2, 0.25) is 11.7 Å². The lowest BCUT2D eigenvalue weighted by Gasteiger charge is -2.25. The number of carbonyl (C=O) groups excluding carboxylic acids is 1. The summed E-state index contributed by atoms with van der Waals surface area (Å²) >= 11 is 0. The van der Waals surface area contributed by atoms with E-state index in [4.69, 9.17) is 4.74 Å². The van der Waals surface area contributed by atoms with Crippen LogP contribution in [0.25, 0.3) is 0 Å². The zero-order valence-electron chi connectivity index (χ0n) is 9.36. The number of hydrogen-bond acceptors (Lipinski definition) is 5. The van der Waals surface area contributed by atoms with E-state index in [1.807, 2.05) is 6.92 Å². The molecule has 0 fully saturated rings. The summed E-state index contributed by atoms with van der Waals surface area (Å²) in [5.74, 6) is 0.0682. The lowest BCUT2D eigenvalue weighted by Crippen LogP contribution is -2.28. The molecule has 0 atom stereocenters. The van der Waals surface area contributed by atoms with Gasteiger partial charge in [-0.2, -0.15) is 0 Å². The van der Waals surface area contributed by atoms with Crippen molar-refractivity contribution in [2.24, 2.45) is 0 Å². The third kappa shape index (κ3) is 1.87. The number of pyridine rings is 1. The predicted molar refractivity (Wildman–Crippen MR) is 62.3 cm³/mol. The fourth-order valence-electron chi connectivity index (χ4n) is 1.49. The van der Waals surface area contributed by atoms with Gasteiger partial charge in [0.15, 0.2) is 5.76 Å². The van der Waals surface area contributed by atoms with Crippen LogP contribution in [-0.4, -0.2) is 22.5 Å². The van der Waals surface area contributed by atoms with Crippen LogP contribution in [0.3, 0.4) is 0 Å². The number of carbonyl (C=O) groups is 1. The van der Waals surface area contributed by atoms with Gasteiger partial charge in [0.05, 0.1) is 12.2 Å². The van der Waals surface area contributed by atoms with Gasteiger partial charge in [0, 0.05) is 6.20 Å². The van der Waals surface area contributed by atoms with Gasteiger partial charge < -0.3 is 15.2 Å². The van der Waals surface area contributed by atoms with Crippen molar-refractivity contribution in [2.45, 2.75) is 6.92 Å². The highest BCUT2D eigenvalue weighted by Crippen LogP contribution is 2.32. The van der Waals surface area contributed by atoms with E-state index in [9.17, 15) is 9.90 Å². The Kier molecular flexibility index (Phi) is 2.82. The normalized spacial score (nSPS) is 14.6. The lowest BCUT2D eigenvalue weighted by molar-refractivity contribution is -0.114. The molecule has 0 radical (unpaired) electrons. The van der Waals surface area contributed by atoms with Crippen molar-refractivity contribution in [2.75, 3.05) is 11.9 Å². The summed E-state index contributed by atoms with van der Waals surface area (Å²) in [5, 5.41) is 12.3. The van der Waals surface area contributed by atoms with Crippen molar-refractivity contribution < 1.29 is 14.6 Å². The summed E-state index contributed by atoms with van der Waals surface area (Å²) in [7, 11) is 0. The van der Waals surface area contributed by atoms with Crippen LogP contribution in [-0.2, 0) is 9.53 Å². The lowest BCUT2D eigenvalue weighted by atomic mass is 9.95. The van der Waals surface area contributed by atoms with Crippen LogP contribution in [0.5, 0.6) is 5.88 Å². The number of rotatable bonds is 4. The molecule has 0 spiro atoms. The summed E-state index contributed by atoms with van der Waals surface area (Å²) in [6.45, 7) is 5.88. The third-order valence-electron chi connectivity index (χ3n) is 2.34. The van der Waals surface area contributed by atoms with Crippen molar-refractivity contribution in [1.29, 1.82) is 0 Å². The molecule has 1 aromatic heterocycles. The van der Waals surface area contributed by atoms with E-state index >= 15 is 0 Å². The van der Waals surface area contributed by atoms with Gasteiger partial charge in [-0.25, -0.2) is 4.98 Å². The molecule has 0 saturated carbocycles. The minimum Gasteiger partial charge on any atom is -0.492 e. The molecule has 0 saturated heterocycles. The molecule has 5 nitrogen and oxygen atoms in total. The molecule has 0 amide bonds. The van der Waals surface area contributed by atoms with E-state index in [0.29, 0.717) is 29.3 Å². The maximum Gasteiger partial charge on any atom is 0.235 e. The van der Waals surface area contributed by atoms with Crippen molar-refractivity contribution in [1.82, 2.24) is 4.98 Å². The Morgan fingerprint density at radius 2 is 2.35 bits per heavy atom. The maximum atomic E-state index is 11.6. The van der Waals surface area contributed by atoms with Crippen LogP contribution in [0, 0.1) is 0 Å². The molecule has 17 heavy (non-hydrogen) atoms. The number of allylic oxidation sites excluding steroid dienone is 2. The second-order valence-corrected chi connectivity index (χ2v) is 3.44. The van der Waals surface area contributed by atoms with Crippen LogP contribution < -0.4 is 5.32 Å². The number of nitrogens with one attached hydrogen (secondary N) is 1.